The second-order valence-electron chi connectivity index (χ2n) is 3.68. The second-order valence-corrected chi connectivity index (χ2v) is 4.70. The number of aromatic nitrogens is 3. The van der Waals surface area contributed by atoms with E-state index in [-0.39, 0.29) is 0 Å². The number of benzene rings is 1. The zero-order chi connectivity index (χ0) is 13.0. The molecule has 0 aliphatic carbocycles. The molecule has 2 aromatic rings. The number of methoxy groups -OCH3 is 1. The van der Waals surface area contributed by atoms with Crippen LogP contribution in [0.25, 0.3) is 0 Å². The molecule has 1 aromatic carbocycles. The minimum atomic E-state index is 0.741. The van der Waals surface area contributed by atoms with E-state index in [0.29, 0.717) is 0 Å². The van der Waals surface area contributed by atoms with Crippen LogP contribution in [0.1, 0.15) is 12.7 Å². The van der Waals surface area contributed by atoms with Gasteiger partial charge in [-0.15, -0.1) is 11.8 Å². The van der Waals surface area contributed by atoms with Crippen molar-refractivity contribution < 1.29 is 4.74 Å². The van der Waals surface area contributed by atoms with Crippen LogP contribution in [0.4, 0.5) is 5.69 Å². The zero-order valence-electron chi connectivity index (χ0n) is 10.5. The van der Waals surface area contributed by atoms with E-state index in [0.717, 1.165) is 34.5 Å². The first-order valence-corrected chi connectivity index (χ1v) is 6.66. The lowest BCUT2D eigenvalue weighted by Crippen LogP contribution is -2.02. The monoisotopic (exact) mass is 264 g/mol. The molecule has 5 nitrogen and oxygen atoms in total. The summed E-state index contributed by atoms with van der Waals surface area (Å²) in [7, 11) is 1.65. The van der Waals surface area contributed by atoms with Crippen molar-refractivity contribution in [3.63, 3.8) is 0 Å². The Bertz CT molecular complexity index is 527. The third-order valence-corrected chi connectivity index (χ3v) is 3.64. The highest BCUT2D eigenvalue weighted by atomic mass is 32.2. The number of rotatable bonds is 5. The first kappa shape index (κ1) is 12.8. The van der Waals surface area contributed by atoms with E-state index in [9.17, 15) is 0 Å². The van der Waals surface area contributed by atoms with Gasteiger partial charge in [-0.2, -0.15) is 5.10 Å². The third kappa shape index (κ3) is 2.76. The number of nitrogens with zero attached hydrogens (tertiary/aromatic N) is 3. The van der Waals surface area contributed by atoms with Gasteiger partial charge in [-0.3, -0.25) is 0 Å². The van der Waals surface area contributed by atoms with Crippen LogP contribution in [-0.2, 0) is 12.3 Å². The highest BCUT2D eigenvalue weighted by Gasteiger charge is 2.07. The third-order valence-electron chi connectivity index (χ3n) is 2.57. The predicted octanol–water partition coefficient (Wildman–Crippen LogP) is 2.18. The highest BCUT2D eigenvalue weighted by Crippen LogP contribution is 2.30. The van der Waals surface area contributed by atoms with Crippen molar-refractivity contribution in [1.82, 2.24) is 14.8 Å². The maximum Gasteiger partial charge on any atom is 0.138 e. The Balaban J connectivity index is 2.10. The van der Waals surface area contributed by atoms with Crippen LogP contribution in [0.3, 0.4) is 0 Å². The van der Waals surface area contributed by atoms with Crippen molar-refractivity contribution in [3.05, 3.63) is 30.4 Å². The molecule has 0 radical (unpaired) electrons. The minimum absolute atomic E-state index is 0.741. The normalized spacial score (nSPS) is 10.6. The molecule has 0 atom stereocenters. The molecule has 0 saturated heterocycles. The van der Waals surface area contributed by atoms with E-state index < -0.39 is 0 Å². The predicted molar refractivity (Wildman–Crippen MR) is 72.7 cm³/mol. The fourth-order valence-corrected chi connectivity index (χ4v) is 2.52. The summed E-state index contributed by atoms with van der Waals surface area (Å²) in [6.45, 7) is 2.87. The largest absolute Gasteiger partial charge is 0.497 e. The molecule has 0 saturated carbocycles. The average molecular weight is 264 g/mol. The number of ether oxygens (including phenoxy) is 1. The summed E-state index contributed by atoms with van der Waals surface area (Å²) in [6, 6.07) is 5.65. The summed E-state index contributed by atoms with van der Waals surface area (Å²) in [5, 5.41) is 4.14. The Morgan fingerprint density at radius 2 is 2.28 bits per heavy atom. The molecule has 0 unspecified atom stereocenters. The molecule has 96 valence electrons. The zero-order valence-corrected chi connectivity index (χ0v) is 11.3. The van der Waals surface area contributed by atoms with E-state index in [1.165, 1.54) is 0 Å². The van der Waals surface area contributed by atoms with Crippen LogP contribution < -0.4 is 10.5 Å². The quantitative estimate of drug-likeness (QED) is 0.662. The summed E-state index contributed by atoms with van der Waals surface area (Å²) in [5.74, 6) is 2.50. The summed E-state index contributed by atoms with van der Waals surface area (Å²) in [5.41, 5.74) is 6.69. The number of nitrogen functional groups attached to an aromatic ring is 1. The van der Waals surface area contributed by atoms with Crippen LogP contribution >= 0.6 is 11.8 Å². The molecular weight excluding hydrogens is 248 g/mol. The van der Waals surface area contributed by atoms with Crippen LogP contribution in [0.15, 0.2) is 29.4 Å². The number of hydrogen-bond acceptors (Lipinski definition) is 5. The Hall–Kier alpha value is -1.69. The highest BCUT2D eigenvalue weighted by molar-refractivity contribution is 7.98. The molecule has 1 aromatic heterocycles. The molecule has 0 amide bonds. The Morgan fingerprint density at radius 3 is 3.00 bits per heavy atom. The Kier molecular flexibility index (Phi) is 4.09. The van der Waals surface area contributed by atoms with E-state index in [1.807, 2.05) is 29.8 Å². The lowest BCUT2D eigenvalue weighted by atomic mass is 10.3. The van der Waals surface area contributed by atoms with Gasteiger partial charge in [0.2, 0.25) is 0 Å². The number of nitrogens with two attached hydrogens (primary N) is 1. The van der Waals surface area contributed by atoms with E-state index >= 15 is 0 Å². The molecule has 0 aliphatic heterocycles. The van der Waals surface area contributed by atoms with Crippen molar-refractivity contribution in [2.75, 3.05) is 12.8 Å². The van der Waals surface area contributed by atoms with E-state index in [4.69, 9.17) is 10.5 Å². The van der Waals surface area contributed by atoms with Gasteiger partial charge in [0.25, 0.3) is 0 Å². The van der Waals surface area contributed by atoms with E-state index in [2.05, 4.69) is 10.1 Å². The minimum Gasteiger partial charge on any atom is -0.497 e. The van der Waals surface area contributed by atoms with Gasteiger partial charge in [-0.25, -0.2) is 9.67 Å². The first-order chi connectivity index (χ1) is 8.74. The molecule has 1 heterocycles. The Labute approximate surface area is 110 Å². The standard InChI is InChI=1S/C12H16N4OS/c1-3-16-12(14-8-15-16)7-18-11-6-9(17-2)4-5-10(11)13/h4-6,8H,3,7,13H2,1-2H3. The molecule has 0 aliphatic rings. The number of thioether (sulfide) groups is 1. The number of anilines is 1. The van der Waals surface area contributed by atoms with Crippen LogP contribution in [0.5, 0.6) is 5.75 Å². The van der Waals surface area contributed by atoms with Crippen molar-refractivity contribution >= 4 is 17.4 Å². The van der Waals surface area contributed by atoms with Gasteiger partial charge in [0.15, 0.2) is 0 Å². The molecule has 2 N–H and O–H groups in total. The fourth-order valence-electron chi connectivity index (χ4n) is 1.57. The molecule has 0 fully saturated rings. The van der Waals surface area contributed by atoms with E-state index in [1.54, 1.807) is 25.2 Å². The smallest absolute Gasteiger partial charge is 0.138 e. The summed E-state index contributed by atoms with van der Waals surface area (Å²) < 4.78 is 7.07. The molecule has 6 heteroatoms. The van der Waals surface area contributed by atoms with Crippen LogP contribution in [0.2, 0.25) is 0 Å². The molecule has 0 spiro atoms. The SMILES string of the molecule is CCn1ncnc1CSc1cc(OC)ccc1N. The van der Waals surface area contributed by atoms with Gasteiger partial charge >= 0.3 is 0 Å². The van der Waals surface area contributed by atoms with Crippen LogP contribution in [-0.4, -0.2) is 21.9 Å². The maximum atomic E-state index is 5.93. The topological polar surface area (TPSA) is 66.0 Å². The molecule has 2 rings (SSSR count). The molecular formula is C12H16N4OS. The number of aryl methyl sites for hydroxylation is 1. The second kappa shape index (κ2) is 5.77. The van der Waals surface area contributed by atoms with Gasteiger partial charge in [-0.1, -0.05) is 0 Å². The number of hydrogen-bond donors (Lipinski definition) is 1. The van der Waals surface area contributed by atoms with Gasteiger partial charge in [-0.05, 0) is 25.1 Å². The van der Waals surface area contributed by atoms with Crippen molar-refractivity contribution in [1.29, 1.82) is 0 Å². The van der Waals surface area contributed by atoms with Crippen molar-refractivity contribution in [3.8, 4) is 5.75 Å². The summed E-state index contributed by atoms with van der Waals surface area (Å²) in [6.07, 6.45) is 1.58. The fraction of sp³-hybridized carbons (Fsp3) is 0.333. The van der Waals surface area contributed by atoms with Gasteiger partial charge in [0.1, 0.15) is 17.9 Å². The van der Waals surface area contributed by atoms with Gasteiger partial charge < -0.3 is 10.5 Å². The van der Waals surface area contributed by atoms with Gasteiger partial charge in [0.05, 0.1) is 12.9 Å². The summed E-state index contributed by atoms with van der Waals surface area (Å²) >= 11 is 1.64. The van der Waals surface area contributed by atoms with Crippen molar-refractivity contribution in [2.24, 2.45) is 0 Å². The van der Waals surface area contributed by atoms with Crippen molar-refractivity contribution in [2.45, 2.75) is 24.1 Å². The first-order valence-electron chi connectivity index (χ1n) is 5.67. The lowest BCUT2D eigenvalue weighted by molar-refractivity contribution is 0.414. The Morgan fingerprint density at radius 1 is 1.44 bits per heavy atom. The molecule has 18 heavy (non-hydrogen) atoms. The average Bonchev–Trinajstić information content (AvgIpc) is 2.85. The van der Waals surface area contributed by atoms with Crippen LogP contribution in [0, 0.1) is 0 Å². The van der Waals surface area contributed by atoms with Gasteiger partial charge in [0, 0.05) is 17.1 Å². The lowest BCUT2D eigenvalue weighted by Gasteiger charge is -2.08. The summed E-state index contributed by atoms with van der Waals surface area (Å²) in [4.78, 5) is 5.23. The molecule has 0 bridgehead atoms. The maximum absolute atomic E-state index is 5.93.